The van der Waals surface area contributed by atoms with Crippen LogP contribution < -0.4 is 0 Å². The van der Waals surface area contributed by atoms with Crippen molar-refractivity contribution in [2.24, 2.45) is 5.10 Å². The van der Waals surface area contributed by atoms with Crippen molar-refractivity contribution < 1.29 is 13.9 Å². The highest BCUT2D eigenvalue weighted by atomic mass is 32.1. The fourth-order valence-electron chi connectivity index (χ4n) is 2.74. The van der Waals surface area contributed by atoms with Gasteiger partial charge >= 0.3 is 5.97 Å². The van der Waals surface area contributed by atoms with Gasteiger partial charge in [0.15, 0.2) is 5.82 Å². The van der Waals surface area contributed by atoms with E-state index in [1.165, 1.54) is 16.8 Å². The molecule has 9 heteroatoms. The molecule has 0 aliphatic heterocycles. The van der Waals surface area contributed by atoms with Gasteiger partial charge in [0.1, 0.15) is 5.82 Å². The van der Waals surface area contributed by atoms with E-state index in [1.807, 2.05) is 0 Å². The molecule has 0 radical (unpaired) electrons. The Balaban J connectivity index is 1.99. The zero-order chi connectivity index (χ0) is 19.6. The van der Waals surface area contributed by atoms with Crippen LogP contribution in [0.3, 0.4) is 0 Å². The molecule has 7 nitrogen and oxygen atoms in total. The number of aryl methyl sites for hydroxylation is 1. The molecule has 2 aromatic heterocycles. The first kappa shape index (κ1) is 18.7. The first-order valence-electron chi connectivity index (χ1n) is 8.26. The van der Waals surface area contributed by atoms with Gasteiger partial charge < -0.3 is 9.72 Å². The average Bonchev–Trinajstić information content (AvgIpc) is 3.12. The molecule has 0 amide bonds. The molecular weight excluding hydrogens is 369 g/mol. The van der Waals surface area contributed by atoms with E-state index in [0.717, 1.165) is 5.56 Å². The molecule has 0 fully saturated rings. The molecule has 0 unspecified atom stereocenters. The lowest BCUT2D eigenvalue weighted by atomic mass is 10.1. The fraction of sp³-hybridized carbons (Fsp3) is 0.222. The summed E-state index contributed by atoms with van der Waals surface area (Å²) >= 11 is 5.21. The molecule has 0 spiro atoms. The number of ether oxygens (including phenoxy) is 1. The number of hydrogen-bond acceptors (Lipinski definition) is 5. The molecule has 140 valence electrons. The molecule has 27 heavy (non-hydrogen) atoms. The van der Waals surface area contributed by atoms with E-state index in [0.29, 0.717) is 34.9 Å². The van der Waals surface area contributed by atoms with Crippen molar-refractivity contribution in [2.45, 2.75) is 20.8 Å². The van der Waals surface area contributed by atoms with E-state index in [-0.39, 0.29) is 16.6 Å². The van der Waals surface area contributed by atoms with Crippen molar-refractivity contribution in [1.29, 1.82) is 0 Å². The lowest BCUT2D eigenvalue weighted by Crippen LogP contribution is -2.06. The molecule has 2 heterocycles. The van der Waals surface area contributed by atoms with E-state index in [4.69, 9.17) is 17.0 Å². The maximum atomic E-state index is 13.5. The Morgan fingerprint density at radius 1 is 1.44 bits per heavy atom. The second-order valence-electron chi connectivity index (χ2n) is 5.80. The summed E-state index contributed by atoms with van der Waals surface area (Å²) in [5, 5.41) is 11.1. The minimum Gasteiger partial charge on any atom is -0.462 e. The lowest BCUT2D eigenvalue weighted by Gasteiger charge is -2.02. The molecule has 0 atom stereocenters. The molecule has 3 rings (SSSR count). The summed E-state index contributed by atoms with van der Waals surface area (Å²) in [6, 6.07) is 5.99. The Labute approximate surface area is 159 Å². The van der Waals surface area contributed by atoms with Crippen LogP contribution in [0, 0.1) is 24.4 Å². The van der Waals surface area contributed by atoms with E-state index in [9.17, 15) is 9.18 Å². The second kappa shape index (κ2) is 7.67. The summed E-state index contributed by atoms with van der Waals surface area (Å²) in [6.07, 6.45) is 1.54. The molecule has 0 aliphatic rings. The number of carbonyl (C=O) groups excluding carboxylic acids is 1. The molecule has 2 N–H and O–H groups in total. The maximum absolute atomic E-state index is 13.5. The summed E-state index contributed by atoms with van der Waals surface area (Å²) < 4.78 is 20.3. The highest BCUT2D eigenvalue weighted by Crippen LogP contribution is 2.20. The van der Waals surface area contributed by atoms with Crippen molar-refractivity contribution in [1.82, 2.24) is 19.9 Å². The number of carbonyl (C=O) groups is 1. The van der Waals surface area contributed by atoms with Gasteiger partial charge in [0.25, 0.3) is 0 Å². The number of nitrogens with zero attached hydrogens (tertiary/aromatic N) is 3. The summed E-state index contributed by atoms with van der Waals surface area (Å²) in [4.78, 5) is 15.2. The predicted molar refractivity (Wildman–Crippen MR) is 102 cm³/mol. The summed E-state index contributed by atoms with van der Waals surface area (Å²) in [6.45, 7) is 5.65. The Bertz CT molecular complexity index is 1080. The summed E-state index contributed by atoms with van der Waals surface area (Å²) in [5.41, 5.74) is 3.07. The van der Waals surface area contributed by atoms with Crippen LogP contribution in [0.15, 0.2) is 29.4 Å². The zero-order valence-electron chi connectivity index (χ0n) is 15.0. The van der Waals surface area contributed by atoms with Gasteiger partial charge in [0.2, 0.25) is 4.77 Å². The molecule has 0 aliphatic carbocycles. The van der Waals surface area contributed by atoms with Gasteiger partial charge in [0.05, 0.1) is 24.1 Å². The average molecular weight is 387 g/mol. The maximum Gasteiger partial charge on any atom is 0.340 e. The molecular formula is C18H18FN5O2S. The van der Waals surface area contributed by atoms with Crippen molar-refractivity contribution in [3.8, 4) is 11.4 Å². The number of nitrogens with one attached hydrogen (secondary N) is 2. The number of hydrogen-bond donors (Lipinski definition) is 2. The lowest BCUT2D eigenvalue weighted by molar-refractivity contribution is 0.0525. The van der Waals surface area contributed by atoms with Crippen molar-refractivity contribution >= 4 is 24.4 Å². The normalized spacial score (nSPS) is 11.3. The minimum absolute atomic E-state index is 0.261. The van der Waals surface area contributed by atoms with Crippen LogP contribution in [-0.4, -0.2) is 38.6 Å². The van der Waals surface area contributed by atoms with Gasteiger partial charge in [-0.1, -0.05) is 12.1 Å². The SMILES string of the molecule is CCOC(=O)c1c(C)[nH]c(/C=N/n2c(-c3cccc(F)c3)n[nH]c2=S)c1C. The molecule has 3 aromatic rings. The number of H-pyrrole nitrogens is 2. The van der Waals surface area contributed by atoms with Crippen LogP contribution in [-0.2, 0) is 4.74 Å². The molecule has 1 aromatic carbocycles. The van der Waals surface area contributed by atoms with Gasteiger partial charge in [-0.15, -0.1) is 0 Å². The van der Waals surface area contributed by atoms with Crippen LogP contribution in [0.1, 0.15) is 34.2 Å². The third-order valence-corrected chi connectivity index (χ3v) is 4.26. The highest BCUT2D eigenvalue weighted by molar-refractivity contribution is 7.71. The number of aromatic nitrogens is 4. The van der Waals surface area contributed by atoms with Crippen molar-refractivity contribution in [2.75, 3.05) is 6.61 Å². The van der Waals surface area contributed by atoms with Crippen molar-refractivity contribution in [3.63, 3.8) is 0 Å². The topological polar surface area (TPSA) is 88.1 Å². The molecule has 0 bridgehead atoms. The Kier molecular flexibility index (Phi) is 5.31. The van der Waals surface area contributed by atoms with Crippen LogP contribution in [0.5, 0.6) is 0 Å². The summed E-state index contributed by atoms with van der Waals surface area (Å²) in [5.74, 6) is -0.391. The fourth-order valence-corrected chi connectivity index (χ4v) is 2.92. The molecule has 0 saturated heterocycles. The van der Waals surface area contributed by atoms with Gasteiger partial charge in [-0.25, -0.2) is 14.3 Å². The predicted octanol–water partition coefficient (Wildman–Crippen LogP) is 3.75. The molecule has 0 saturated carbocycles. The third-order valence-electron chi connectivity index (χ3n) is 3.99. The van der Waals surface area contributed by atoms with Crippen LogP contribution in [0.4, 0.5) is 4.39 Å². The number of rotatable bonds is 5. The minimum atomic E-state index is -0.385. The standard InChI is InChI=1S/C18H18FN5O2S/c1-4-26-17(25)15-10(2)14(21-11(15)3)9-20-24-16(22-23-18(24)27)12-6-5-7-13(19)8-12/h5-9,21H,4H2,1-3H3,(H,23,27)/b20-9+. The van der Waals surface area contributed by atoms with Crippen LogP contribution in [0.25, 0.3) is 11.4 Å². The first-order chi connectivity index (χ1) is 12.9. The van der Waals surface area contributed by atoms with E-state index >= 15 is 0 Å². The number of esters is 1. The monoisotopic (exact) mass is 387 g/mol. The largest absolute Gasteiger partial charge is 0.462 e. The smallest absolute Gasteiger partial charge is 0.340 e. The summed E-state index contributed by atoms with van der Waals surface area (Å²) in [7, 11) is 0. The van der Waals surface area contributed by atoms with Crippen molar-refractivity contribution in [3.05, 3.63) is 57.4 Å². The quantitative estimate of drug-likeness (QED) is 0.396. The second-order valence-corrected chi connectivity index (χ2v) is 6.19. The van der Waals surface area contributed by atoms with Gasteiger partial charge in [-0.05, 0) is 50.7 Å². The van der Waals surface area contributed by atoms with Gasteiger partial charge in [-0.3, -0.25) is 0 Å². The van der Waals surface area contributed by atoms with Gasteiger partial charge in [-0.2, -0.15) is 14.9 Å². The highest BCUT2D eigenvalue weighted by Gasteiger charge is 2.18. The Morgan fingerprint density at radius 2 is 2.22 bits per heavy atom. The Hall–Kier alpha value is -3.07. The van der Waals surface area contributed by atoms with E-state index in [2.05, 4.69) is 20.3 Å². The van der Waals surface area contributed by atoms with Crippen LogP contribution >= 0.6 is 12.2 Å². The third kappa shape index (κ3) is 3.72. The first-order valence-corrected chi connectivity index (χ1v) is 8.67. The number of aromatic amines is 2. The van der Waals surface area contributed by atoms with E-state index < -0.39 is 0 Å². The zero-order valence-corrected chi connectivity index (χ0v) is 15.9. The Morgan fingerprint density at radius 3 is 2.93 bits per heavy atom. The van der Waals surface area contributed by atoms with Crippen LogP contribution in [0.2, 0.25) is 0 Å². The number of benzene rings is 1. The number of halogens is 1. The van der Waals surface area contributed by atoms with E-state index in [1.54, 1.807) is 39.1 Å². The van der Waals surface area contributed by atoms with Gasteiger partial charge in [0, 0.05) is 11.3 Å².